The average molecular weight is 456 g/mol. The number of nitrogens with one attached hydrogen (secondary N) is 1. The largest absolute Gasteiger partial charge is 0.496 e. The molecular weight excluding hydrogens is 426 g/mol. The molecule has 0 saturated heterocycles. The van der Waals surface area contributed by atoms with Gasteiger partial charge < -0.3 is 19.2 Å². The minimum Gasteiger partial charge on any atom is -0.496 e. The topological polar surface area (TPSA) is 60.7 Å². The van der Waals surface area contributed by atoms with Crippen molar-refractivity contribution in [3.8, 4) is 22.6 Å². The Balaban J connectivity index is 1.79. The van der Waals surface area contributed by atoms with Crippen LogP contribution in [0.25, 0.3) is 27.7 Å². The standard InChI is InChI=1S/C29H29NO4/c1-17-11-12-18(2)25(13-17)30-27(31)14-19(3)22-15-23-24(21-9-7-8-10-26(21)32-5)16-34-29(23)20(4)28(22)33-6/h7-16H,1-6H3,(H,30,31)/b19-14+. The van der Waals surface area contributed by atoms with Gasteiger partial charge in [-0.25, -0.2) is 0 Å². The zero-order valence-electron chi connectivity index (χ0n) is 20.4. The van der Waals surface area contributed by atoms with Gasteiger partial charge in [0.2, 0.25) is 5.91 Å². The Hall–Kier alpha value is -3.99. The van der Waals surface area contributed by atoms with Gasteiger partial charge in [0.1, 0.15) is 17.1 Å². The van der Waals surface area contributed by atoms with E-state index in [0.717, 1.165) is 61.4 Å². The maximum atomic E-state index is 12.9. The number of amides is 1. The monoisotopic (exact) mass is 455 g/mol. The number of fused-ring (bicyclic) bond motifs is 1. The third-order valence-electron chi connectivity index (χ3n) is 6.07. The summed E-state index contributed by atoms with van der Waals surface area (Å²) in [5.41, 5.74) is 8.01. The molecule has 0 bridgehead atoms. The number of carbonyl (C=O) groups is 1. The minimum absolute atomic E-state index is 0.192. The second-order valence-corrected chi connectivity index (χ2v) is 8.44. The fourth-order valence-electron chi connectivity index (χ4n) is 4.26. The third kappa shape index (κ3) is 4.29. The molecule has 5 nitrogen and oxygen atoms in total. The highest BCUT2D eigenvalue weighted by Gasteiger charge is 2.20. The van der Waals surface area contributed by atoms with Crippen molar-refractivity contribution in [3.63, 3.8) is 0 Å². The predicted molar refractivity (Wildman–Crippen MR) is 138 cm³/mol. The number of methoxy groups -OCH3 is 2. The lowest BCUT2D eigenvalue weighted by molar-refractivity contribution is -0.111. The molecule has 1 N–H and O–H groups in total. The van der Waals surface area contributed by atoms with Crippen molar-refractivity contribution in [1.82, 2.24) is 0 Å². The van der Waals surface area contributed by atoms with Crippen LogP contribution in [-0.2, 0) is 4.79 Å². The lowest BCUT2D eigenvalue weighted by Gasteiger charge is -2.14. The SMILES string of the molecule is COc1ccccc1-c1coc2c(C)c(OC)c(/C(C)=C/C(=O)Nc3cc(C)ccc3C)cc12. The number of hydrogen-bond donors (Lipinski definition) is 1. The molecule has 0 saturated carbocycles. The predicted octanol–water partition coefficient (Wildman–Crippen LogP) is 7.08. The van der Waals surface area contributed by atoms with Crippen molar-refractivity contribution in [2.24, 2.45) is 0 Å². The lowest BCUT2D eigenvalue weighted by atomic mass is 9.96. The van der Waals surface area contributed by atoms with E-state index in [9.17, 15) is 4.79 Å². The molecule has 174 valence electrons. The number of ether oxygens (including phenoxy) is 2. The van der Waals surface area contributed by atoms with Crippen LogP contribution in [0.15, 0.2) is 65.3 Å². The highest BCUT2D eigenvalue weighted by Crippen LogP contribution is 2.42. The Bertz CT molecular complexity index is 1410. The molecule has 34 heavy (non-hydrogen) atoms. The number of para-hydroxylation sites is 1. The Morgan fingerprint density at radius 2 is 1.74 bits per heavy atom. The van der Waals surface area contributed by atoms with Crippen LogP contribution in [-0.4, -0.2) is 20.1 Å². The molecule has 0 atom stereocenters. The molecule has 4 rings (SSSR count). The maximum absolute atomic E-state index is 12.9. The van der Waals surface area contributed by atoms with Gasteiger partial charge in [0.05, 0.1) is 20.5 Å². The molecule has 0 unspecified atom stereocenters. The van der Waals surface area contributed by atoms with Gasteiger partial charge in [-0.3, -0.25) is 4.79 Å². The van der Waals surface area contributed by atoms with Gasteiger partial charge in [-0.15, -0.1) is 0 Å². The van der Waals surface area contributed by atoms with Crippen molar-refractivity contribution < 1.29 is 18.7 Å². The van der Waals surface area contributed by atoms with Gasteiger partial charge in [0.15, 0.2) is 0 Å². The van der Waals surface area contributed by atoms with E-state index in [2.05, 4.69) is 5.32 Å². The van der Waals surface area contributed by atoms with Crippen LogP contribution in [0.5, 0.6) is 11.5 Å². The maximum Gasteiger partial charge on any atom is 0.248 e. The molecule has 0 aliphatic heterocycles. The number of aryl methyl sites for hydroxylation is 3. The van der Waals surface area contributed by atoms with E-state index in [1.165, 1.54) is 0 Å². The number of carbonyl (C=O) groups excluding carboxylic acids is 1. The van der Waals surface area contributed by atoms with E-state index >= 15 is 0 Å². The smallest absolute Gasteiger partial charge is 0.248 e. The molecule has 3 aromatic carbocycles. The fourth-order valence-corrected chi connectivity index (χ4v) is 4.26. The number of benzene rings is 3. The van der Waals surface area contributed by atoms with E-state index in [1.54, 1.807) is 26.6 Å². The van der Waals surface area contributed by atoms with E-state index < -0.39 is 0 Å². The van der Waals surface area contributed by atoms with Gasteiger partial charge in [-0.1, -0.05) is 30.3 Å². The van der Waals surface area contributed by atoms with Crippen molar-refractivity contribution in [1.29, 1.82) is 0 Å². The van der Waals surface area contributed by atoms with Crippen LogP contribution in [0.1, 0.15) is 29.2 Å². The Kier molecular flexibility index (Phi) is 6.46. The average Bonchev–Trinajstić information content (AvgIpc) is 3.25. The molecule has 0 aliphatic rings. The summed E-state index contributed by atoms with van der Waals surface area (Å²) < 4.78 is 17.3. The third-order valence-corrected chi connectivity index (χ3v) is 6.07. The quantitative estimate of drug-likeness (QED) is 0.316. The summed E-state index contributed by atoms with van der Waals surface area (Å²) in [5, 5.41) is 3.93. The van der Waals surface area contributed by atoms with E-state index in [1.807, 2.05) is 76.2 Å². The van der Waals surface area contributed by atoms with Gasteiger partial charge in [0.25, 0.3) is 0 Å². The molecule has 0 spiro atoms. The molecule has 5 heteroatoms. The summed E-state index contributed by atoms with van der Waals surface area (Å²) in [4.78, 5) is 12.9. The molecule has 0 radical (unpaired) electrons. The van der Waals surface area contributed by atoms with Crippen LogP contribution in [0.4, 0.5) is 5.69 Å². The summed E-state index contributed by atoms with van der Waals surface area (Å²) in [6.45, 7) is 7.85. The van der Waals surface area contributed by atoms with Crippen molar-refractivity contribution in [3.05, 3.63) is 83.1 Å². The van der Waals surface area contributed by atoms with E-state index in [-0.39, 0.29) is 5.91 Å². The summed E-state index contributed by atoms with van der Waals surface area (Å²) in [5.74, 6) is 1.25. The highest BCUT2D eigenvalue weighted by atomic mass is 16.5. The molecule has 0 aliphatic carbocycles. The Labute approximate surface area is 200 Å². The van der Waals surface area contributed by atoms with Gasteiger partial charge >= 0.3 is 0 Å². The number of rotatable bonds is 6. The normalized spacial score (nSPS) is 11.5. The van der Waals surface area contributed by atoms with Crippen LogP contribution < -0.4 is 14.8 Å². The zero-order chi connectivity index (χ0) is 24.4. The van der Waals surface area contributed by atoms with Crippen molar-refractivity contribution in [2.75, 3.05) is 19.5 Å². The molecule has 0 fully saturated rings. The first-order valence-electron chi connectivity index (χ1n) is 11.1. The van der Waals surface area contributed by atoms with Gasteiger partial charge in [-0.05, 0) is 62.6 Å². The molecular formula is C29H29NO4. The Morgan fingerprint density at radius 1 is 0.971 bits per heavy atom. The molecule has 1 amide bonds. The van der Waals surface area contributed by atoms with Crippen molar-refractivity contribution >= 4 is 28.1 Å². The minimum atomic E-state index is -0.192. The zero-order valence-corrected chi connectivity index (χ0v) is 20.4. The van der Waals surface area contributed by atoms with Crippen LogP contribution >= 0.6 is 0 Å². The van der Waals surface area contributed by atoms with Crippen LogP contribution in [0, 0.1) is 20.8 Å². The van der Waals surface area contributed by atoms with Crippen molar-refractivity contribution in [2.45, 2.75) is 27.7 Å². The summed E-state index contributed by atoms with van der Waals surface area (Å²) in [6, 6.07) is 15.8. The van der Waals surface area contributed by atoms with E-state index in [4.69, 9.17) is 13.9 Å². The lowest BCUT2D eigenvalue weighted by Crippen LogP contribution is -2.10. The second kappa shape index (κ2) is 9.48. The molecule has 1 aromatic heterocycles. The first-order valence-corrected chi connectivity index (χ1v) is 11.1. The number of allylic oxidation sites excluding steroid dienone is 1. The highest BCUT2D eigenvalue weighted by molar-refractivity contribution is 6.06. The van der Waals surface area contributed by atoms with E-state index in [0.29, 0.717) is 5.75 Å². The summed E-state index contributed by atoms with van der Waals surface area (Å²) in [7, 11) is 3.29. The number of anilines is 1. The van der Waals surface area contributed by atoms with Crippen LogP contribution in [0.3, 0.4) is 0 Å². The molecule has 1 heterocycles. The van der Waals surface area contributed by atoms with Gasteiger partial charge in [0, 0.05) is 39.4 Å². The molecule has 4 aromatic rings. The number of furan rings is 1. The first-order chi connectivity index (χ1) is 16.3. The Morgan fingerprint density at radius 3 is 2.47 bits per heavy atom. The fraction of sp³-hybridized carbons (Fsp3) is 0.207. The first kappa shape index (κ1) is 23.2. The number of hydrogen-bond acceptors (Lipinski definition) is 4. The summed E-state index contributed by atoms with van der Waals surface area (Å²) in [6.07, 6.45) is 3.35. The summed E-state index contributed by atoms with van der Waals surface area (Å²) >= 11 is 0. The van der Waals surface area contributed by atoms with Gasteiger partial charge in [-0.2, -0.15) is 0 Å². The van der Waals surface area contributed by atoms with Crippen LogP contribution in [0.2, 0.25) is 0 Å². The second-order valence-electron chi connectivity index (χ2n) is 8.44.